The first-order chi connectivity index (χ1) is 7.06. The highest BCUT2D eigenvalue weighted by atomic mass is 16.4. The molecular formula is C10H18N2O3. The maximum atomic E-state index is 11.5. The largest absolute Gasteiger partial charge is 0.481 e. The molecule has 4 N–H and O–H groups in total. The van der Waals surface area contributed by atoms with Crippen LogP contribution in [0, 0.1) is 5.92 Å². The minimum atomic E-state index is -0.831. The van der Waals surface area contributed by atoms with Crippen molar-refractivity contribution in [3.05, 3.63) is 0 Å². The van der Waals surface area contributed by atoms with E-state index < -0.39 is 17.9 Å². The molecule has 3 atom stereocenters. The molecule has 1 saturated carbocycles. The molecule has 86 valence electrons. The molecule has 3 unspecified atom stereocenters. The van der Waals surface area contributed by atoms with Gasteiger partial charge in [0.1, 0.15) is 0 Å². The number of carbonyl (C=O) groups excluding carboxylic acids is 1. The van der Waals surface area contributed by atoms with Crippen molar-refractivity contribution in [2.75, 3.05) is 0 Å². The number of hydrogen-bond acceptors (Lipinski definition) is 3. The van der Waals surface area contributed by atoms with E-state index >= 15 is 0 Å². The predicted molar refractivity (Wildman–Crippen MR) is 55.2 cm³/mol. The number of amides is 1. The summed E-state index contributed by atoms with van der Waals surface area (Å²) in [4.78, 5) is 22.3. The van der Waals surface area contributed by atoms with Gasteiger partial charge in [-0.25, -0.2) is 0 Å². The van der Waals surface area contributed by atoms with Gasteiger partial charge in [-0.05, 0) is 19.3 Å². The van der Waals surface area contributed by atoms with Crippen LogP contribution in [0.25, 0.3) is 0 Å². The fourth-order valence-electron chi connectivity index (χ4n) is 1.90. The molecule has 0 aromatic rings. The fourth-order valence-corrected chi connectivity index (χ4v) is 1.90. The van der Waals surface area contributed by atoms with Crippen molar-refractivity contribution in [2.45, 2.75) is 44.7 Å². The van der Waals surface area contributed by atoms with Crippen molar-refractivity contribution in [1.29, 1.82) is 0 Å². The minimum Gasteiger partial charge on any atom is -0.481 e. The standard InChI is InChI=1S/C10H18N2O3/c1-2-7(11)9(13)12-8-5-3-4-6(8)10(14)15/h6-8H,2-5,11H2,1H3,(H,12,13)(H,14,15). The van der Waals surface area contributed by atoms with E-state index in [2.05, 4.69) is 5.32 Å². The van der Waals surface area contributed by atoms with E-state index in [0.717, 1.165) is 12.8 Å². The smallest absolute Gasteiger partial charge is 0.308 e. The highest BCUT2D eigenvalue weighted by Gasteiger charge is 2.34. The van der Waals surface area contributed by atoms with E-state index in [0.29, 0.717) is 12.8 Å². The summed E-state index contributed by atoms with van der Waals surface area (Å²) in [6.45, 7) is 1.83. The summed E-state index contributed by atoms with van der Waals surface area (Å²) >= 11 is 0. The average Bonchev–Trinajstić information content (AvgIpc) is 2.64. The number of carboxylic acid groups (broad SMARTS) is 1. The molecule has 1 rings (SSSR count). The number of carbonyl (C=O) groups is 2. The second kappa shape index (κ2) is 5.11. The zero-order valence-corrected chi connectivity index (χ0v) is 8.90. The molecule has 5 nitrogen and oxygen atoms in total. The second-order valence-electron chi connectivity index (χ2n) is 4.01. The zero-order valence-electron chi connectivity index (χ0n) is 8.90. The monoisotopic (exact) mass is 214 g/mol. The molecular weight excluding hydrogens is 196 g/mol. The molecule has 0 bridgehead atoms. The van der Waals surface area contributed by atoms with Crippen LogP contribution in [0.5, 0.6) is 0 Å². The molecule has 0 aromatic carbocycles. The molecule has 0 saturated heterocycles. The Bertz CT molecular complexity index is 255. The Balaban J connectivity index is 2.50. The van der Waals surface area contributed by atoms with Crippen molar-refractivity contribution in [2.24, 2.45) is 11.7 Å². The molecule has 1 amide bonds. The third kappa shape index (κ3) is 2.92. The third-order valence-corrected chi connectivity index (χ3v) is 2.94. The number of aliphatic carboxylic acids is 1. The Kier molecular flexibility index (Phi) is 4.08. The van der Waals surface area contributed by atoms with E-state index in [9.17, 15) is 9.59 Å². The van der Waals surface area contributed by atoms with Gasteiger partial charge < -0.3 is 16.2 Å². The Labute approximate surface area is 89.0 Å². The maximum Gasteiger partial charge on any atom is 0.308 e. The van der Waals surface area contributed by atoms with Gasteiger partial charge in [-0.15, -0.1) is 0 Å². The highest BCUT2D eigenvalue weighted by Crippen LogP contribution is 2.25. The lowest BCUT2D eigenvalue weighted by atomic mass is 10.0. The number of nitrogens with two attached hydrogens (primary N) is 1. The normalized spacial score (nSPS) is 27.3. The number of carboxylic acids is 1. The van der Waals surface area contributed by atoms with Gasteiger partial charge in [-0.2, -0.15) is 0 Å². The molecule has 1 aliphatic rings. The summed E-state index contributed by atoms with van der Waals surface area (Å²) in [5.41, 5.74) is 5.56. The Hall–Kier alpha value is -1.10. The van der Waals surface area contributed by atoms with Crippen LogP contribution >= 0.6 is 0 Å². The molecule has 0 radical (unpaired) electrons. The van der Waals surface area contributed by atoms with Gasteiger partial charge in [-0.3, -0.25) is 9.59 Å². The third-order valence-electron chi connectivity index (χ3n) is 2.94. The first-order valence-electron chi connectivity index (χ1n) is 5.35. The van der Waals surface area contributed by atoms with Gasteiger partial charge in [0.05, 0.1) is 12.0 Å². The summed E-state index contributed by atoms with van der Waals surface area (Å²) in [7, 11) is 0. The van der Waals surface area contributed by atoms with Crippen LogP contribution in [0.3, 0.4) is 0 Å². The van der Waals surface area contributed by atoms with Gasteiger partial charge in [-0.1, -0.05) is 13.3 Å². The molecule has 1 fully saturated rings. The van der Waals surface area contributed by atoms with E-state index in [1.165, 1.54) is 0 Å². The summed E-state index contributed by atoms with van der Waals surface area (Å²) in [6, 6.07) is -0.771. The molecule has 0 spiro atoms. The van der Waals surface area contributed by atoms with Gasteiger partial charge >= 0.3 is 5.97 Å². The Morgan fingerprint density at radius 1 is 1.53 bits per heavy atom. The van der Waals surface area contributed by atoms with Crippen LogP contribution < -0.4 is 11.1 Å². The van der Waals surface area contributed by atoms with E-state index in [4.69, 9.17) is 10.8 Å². The minimum absolute atomic E-state index is 0.240. The topological polar surface area (TPSA) is 92.4 Å². The average molecular weight is 214 g/mol. The second-order valence-corrected chi connectivity index (χ2v) is 4.01. The van der Waals surface area contributed by atoms with E-state index in [-0.39, 0.29) is 11.9 Å². The predicted octanol–water partition coefficient (Wildman–Crippen LogP) is 0.0932. The lowest BCUT2D eigenvalue weighted by Crippen LogP contribution is -2.47. The van der Waals surface area contributed by atoms with Crippen LogP contribution in [0.2, 0.25) is 0 Å². The molecule has 5 heteroatoms. The quantitative estimate of drug-likeness (QED) is 0.618. The van der Waals surface area contributed by atoms with Crippen molar-refractivity contribution < 1.29 is 14.7 Å². The lowest BCUT2D eigenvalue weighted by Gasteiger charge is -2.19. The van der Waals surface area contributed by atoms with E-state index in [1.54, 1.807) is 0 Å². The Morgan fingerprint density at radius 2 is 2.20 bits per heavy atom. The van der Waals surface area contributed by atoms with Crippen LogP contribution in [0.4, 0.5) is 0 Å². The van der Waals surface area contributed by atoms with Crippen molar-refractivity contribution in [1.82, 2.24) is 5.32 Å². The van der Waals surface area contributed by atoms with Crippen LogP contribution in [0.1, 0.15) is 32.6 Å². The van der Waals surface area contributed by atoms with Crippen LogP contribution in [-0.4, -0.2) is 29.1 Å². The number of rotatable bonds is 4. The summed E-state index contributed by atoms with van der Waals surface area (Å²) in [5, 5.41) is 11.6. The molecule has 15 heavy (non-hydrogen) atoms. The first kappa shape index (κ1) is 12.0. The van der Waals surface area contributed by atoms with Crippen LogP contribution in [0.15, 0.2) is 0 Å². The van der Waals surface area contributed by atoms with E-state index in [1.807, 2.05) is 6.92 Å². The van der Waals surface area contributed by atoms with Gasteiger partial charge in [0.15, 0.2) is 0 Å². The molecule has 0 heterocycles. The highest BCUT2D eigenvalue weighted by molar-refractivity contribution is 5.82. The summed E-state index contributed by atoms with van der Waals surface area (Å²) < 4.78 is 0. The fraction of sp³-hybridized carbons (Fsp3) is 0.800. The summed E-state index contributed by atoms with van der Waals surface area (Å²) in [6.07, 6.45) is 2.79. The van der Waals surface area contributed by atoms with Gasteiger partial charge in [0.25, 0.3) is 0 Å². The molecule has 0 aromatic heterocycles. The summed E-state index contributed by atoms with van der Waals surface area (Å²) in [5.74, 6) is -1.52. The molecule has 0 aliphatic heterocycles. The first-order valence-corrected chi connectivity index (χ1v) is 5.35. The SMILES string of the molecule is CCC(N)C(=O)NC1CCCC1C(=O)O. The molecule has 1 aliphatic carbocycles. The maximum absolute atomic E-state index is 11.5. The van der Waals surface area contributed by atoms with Crippen molar-refractivity contribution in [3.63, 3.8) is 0 Å². The number of nitrogens with one attached hydrogen (secondary N) is 1. The zero-order chi connectivity index (χ0) is 11.4. The van der Waals surface area contributed by atoms with Gasteiger partial charge in [0.2, 0.25) is 5.91 Å². The van der Waals surface area contributed by atoms with Crippen molar-refractivity contribution in [3.8, 4) is 0 Å². The number of hydrogen-bond donors (Lipinski definition) is 3. The Morgan fingerprint density at radius 3 is 2.73 bits per heavy atom. The lowest BCUT2D eigenvalue weighted by molar-refractivity contribution is -0.142. The van der Waals surface area contributed by atoms with Crippen LogP contribution in [-0.2, 0) is 9.59 Å². The van der Waals surface area contributed by atoms with Crippen molar-refractivity contribution >= 4 is 11.9 Å². The van der Waals surface area contributed by atoms with Gasteiger partial charge in [0, 0.05) is 6.04 Å².